The number of carbonyl (C=O) groups is 1. The Morgan fingerprint density at radius 1 is 1.15 bits per heavy atom. The third-order valence-electron chi connectivity index (χ3n) is 4.80. The Morgan fingerprint density at radius 3 is 2.53 bits per heavy atom. The highest BCUT2D eigenvalue weighted by Crippen LogP contribution is 2.39. The van der Waals surface area contributed by atoms with Crippen LogP contribution in [0.2, 0.25) is 0 Å². The van der Waals surface area contributed by atoms with Gasteiger partial charge in [-0.3, -0.25) is 4.79 Å². The number of ether oxygens (including phenoxy) is 1. The van der Waals surface area contributed by atoms with Gasteiger partial charge in [-0.25, -0.2) is 27.3 Å². The minimum absolute atomic E-state index is 0.0196. The Kier molecular flexibility index (Phi) is 5.69. The number of fused-ring (bicyclic) bond motifs is 1. The Morgan fingerprint density at radius 2 is 1.88 bits per heavy atom. The van der Waals surface area contributed by atoms with Gasteiger partial charge in [-0.2, -0.15) is 4.36 Å². The first-order valence-corrected chi connectivity index (χ1v) is 12.0. The third kappa shape index (κ3) is 4.39. The molecule has 0 amide bonds. The second-order valence-corrected chi connectivity index (χ2v) is 10.2. The summed E-state index contributed by atoms with van der Waals surface area (Å²) in [6, 6.07) is 5.67. The van der Waals surface area contributed by atoms with Crippen molar-refractivity contribution in [1.82, 2.24) is 14.1 Å². The number of hydrogen-bond acceptors (Lipinski definition) is 6. The smallest absolute Gasteiger partial charge is 0.416 e. The number of rotatable bonds is 4. The van der Waals surface area contributed by atoms with Crippen molar-refractivity contribution >= 4 is 32.5 Å². The van der Waals surface area contributed by atoms with Crippen LogP contribution in [0.15, 0.2) is 58.1 Å². The van der Waals surface area contributed by atoms with Crippen molar-refractivity contribution in [2.45, 2.75) is 0 Å². The van der Waals surface area contributed by atoms with Crippen LogP contribution in [0.4, 0.5) is 19.4 Å². The molecule has 0 saturated heterocycles. The molecule has 1 N–H and O–H groups in total. The van der Waals surface area contributed by atoms with Crippen molar-refractivity contribution in [1.29, 1.82) is 0 Å². The minimum atomic E-state index is -2.59. The molecule has 0 saturated carbocycles. The number of benzene rings is 1. The molecule has 34 heavy (non-hydrogen) atoms. The summed E-state index contributed by atoms with van der Waals surface area (Å²) in [6.45, 7) is 0. The van der Waals surface area contributed by atoms with E-state index in [1.54, 1.807) is 0 Å². The molecule has 0 aliphatic rings. The van der Waals surface area contributed by atoms with Crippen molar-refractivity contribution < 1.29 is 27.6 Å². The first-order chi connectivity index (χ1) is 15.9. The maximum Gasteiger partial charge on any atom is 0.416 e. The molecule has 1 aromatic carbocycles. The van der Waals surface area contributed by atoms with Gasteiger partial charge >= 0.3 is 6.09 Å². The fraction of sp³-hybridized carbons (Fsp3) is 0.136. The summed E-state index contributed by atoms with van der Waals surface area (Å²) in [5, 5.41) is 9.76. The van der Waals surface area contributed by atoms with Gasteiger partial charge < -0.3 is 14.4 Å². The van der Waals surface area contributed by atoms with Gasteiger partial charge in [0, 0.05) is 64.3 Å². The lowest BCUT2D eigenvalue weighted by atomic mass is 10.0. The van der Waals surface area contributed by atoms with E-state index in [4.69, 9.17) is 4.74 Å². The highest BCUT2D eigenvalue weighted by molar-refractivity contribution is 7.92. The number of hydrogen-bond donors (Lipinski definition) is 1. The highest BCUT2D eigenvalue weighted by Gasteiger charge is 2.20. The predicted molar refractivity (Wildman–Crippen MR) is 122 cm³/mol. The normalized spacial score (nSPS) is 11.6. The molecule has 12 heteroatoms. The third-order valence-corrected chi connectivity index (χ3v) is 5.43. The monoisotopic (exact) mass is 488 g/mol. The first kappa shape index (κ1) is 23.1. The van der Waals surface area contributed by atoms with Crippen molar-refractivity contribution in [2.75, 3.05) is 12.5 Å². The summed E-state index contributed by atoms with van der Waals surface area (Å²) < 4.78 is 51.6. The van der Waals surface area contributed by atoms with Crippen LogP contribution in [-0.4, -0.2) is 42.0 Å². The van der Waals surface area contributed by atoms with E-state index in [1.165, 1.54) is 54.8 Å². The maximum absolute atomic E-state index is 14.3. The van der Waals surface area contributed by atoms with Crippen LogP contribution in [-0.2, 0) is 16.8 Å². The molecule has 0 spiro atoms. The van der Waals surface area contributed by atoms with Crippen molar-refractivity contribution in [3.05, 3.63) is 70.9 Å². The van der Waals surface area contributed by atoms with E-state index in [9.17, 15) is 27.7 Å². The Balaban J connectivity index is 2.02. The second kappa shape index (κ2) is 8.37. The van der Waals surface area contributed by atoms with Gasteiger partial charge in [-0.15, -0.1) is 0 Å². The summed E-state index contributed by atoms with van der Waals surface area (Å²) in [7, 11) is -1.14. The van der Waals surface area contributed by atoms with Gasteiger partial charge in [0.15, 0.2) is 23.1 Å². The summed E-state index contributed by atoms with van der Waals surface area (Å²) in [5.74, 6) is -1.92. The van der Waals surface area contributed by atoms with Crippen LogP contribution in [0.1, 0.15) is 0 Å². The Bertz CT molecular complexity index is 1640. The number of nitrogens with zero attached hydrogens (tertiary/aromatic N) is 4. The highest BCUT2D eigenvalue weighted by atomic mass is 32.2. The lowest BCUT2D eigenvalue weighted by molar-refractivity contribution is 0.197. The van der Waals surface area contributed by atoms with Crippen molar-refractivity contribution in [2.24, 2.45) is 11.4 Å². The zero-order valence-electron chi connectivity index (χ0n) is 18.2. The zero-order valence-corrected chi connectivity index (χ0v) is 19.0. The molecule has 0 atom stereocenters. The second-order valence-electron chi connectivity index (χ2n) is 7.68. The fourth-order valence-electron chi connectivity index (χ4n) is 3.41. The number of pyridine rings is 2. The van der Waals surface area contributed by atoms with E-state index >= 15 is 0 Å². The molecular weight excluding hydrogens is 470 g/mol. The van der Waals surface area contributed by atoms with Gasteiger partial charge in [-0.1, -0.05) is 0 Å². The number of aryl methyl sites for hydroxylation is 1. The average molecular weight is 488 g/mol. The van der Waals surface area contributed by atoms with E-state index in [-0.39, 0.29) is 33.8 Å². The molecule has 0 unspecified atom stereocenters. The fourth-order valence-corrected chi connectivity index (χ4v) is 3.96. The molecule has 176 valence electrons. The van der Waals surface area contributed by atoms with E-state index in [0.29, 0.717) is 11.6 Å². The van der Waals surface area contributed by atoms with E-state index < -0.39 is 33.0 Å². The predicted octanol–water partition coefficient (Wildman–Crippen LogP) is 4.36. The molecule has 0 aliphatic heterocycles. The number of aromatic nitrogens is 3. The minimum Gasteiger partial charge on any atom is -0.464 e. The molecule has 4 rings (SSSR count). The van der Waals surface area contributed by atoms with Crippen LogP contribution in [0.3, 0.4) is 0 Å². The van der Waals surface area contributed by atoms with Crippen LogP contribution < -0.4 is 10.3 Å². The summed E-state index contributed by atoms with van der Waals surface area (Å²) >= 11 is 0. The van der Waals surface area contributed by atoms with Crippen molar-refractivity contribution in [3.63, 3.8) is 0 Å². The maximum atomic E-state index is 14.3. The molecule has 0 fully saturated rings. The topological polar surface area (TPSA) is 116 Å². The largest absolute Gasteiger partial charge is 0.464 e. The molecule has 9 nitrogen and oxygen atoms in total. The van der Waals surface area contributed by atoms with Gasteiger partial charge in [0.25, 0.3) is 5.56 Å². The van der Waals surface area contributed by atoms with Crippen LogP contribution in [0.5, 0.6) is 11.5 Å². The Labute approximate surface area is 192 Å². The van der Waals surface area contributed by atoms with Gasteiger partial charge in [0.1, 0.15) is 11.3 Å². The molecule has 0 bridgehead atoms. The van der Waals surface area contributed by atoms with Crippen molar-refractivity contribution in [3.8, 4) is 22.6 Å². The first-order valence-electron chi connectivity index (χ1n) is 9.69. The SMILES string of the molecule is Cn1cc(-c2cc(N=S(C)(C)=O)ncc2Oc2ccc(F)cc2F)c2ccn(C(=O)O)c2c1=O. The molecule has 3 heterocycles. The molecule has 0 radical (unpaired) electrons. The number of carboxylic acid groups (broad SMARTS) is 1. The van der Waals surface area contributed by atoms with Gasteiger partial charge in [0.05, 0.1) is 6.20 Å². The van der Waals surface area contributed by atoms with Crippen LogP contribution >= 0.6 is 0 Å². The quantitative estimate of drug-likeness (QED) is 0.456. The van der Waals surface area contributed by atoms with Gasteiger partial charge in [-0.05, 0) is 24.3 Å². The summed E-state index contributed by atoms with van der Waals surface area (Å²) in [4.78, 5) is 28.4. The van der Waals surface area contributed by atoms with Gasteiger partial charge in [0.2, 0.25) is 0 Å². The average Bonchev–Trinajstić information content (AvgIpc) is 3.18. The Hall–Kier alpha value is -4.06. The van der Waals surface area contributed by atoms with Crippen LogP contribution in [0, 0.1) is 11.6 Å². The zero-order chi connectivity index (χ0) is 24.8. The van der Waals surface area contributed by atoms with E-state index in [0.717, 1.165) is 16.7 Å². The van der Waals surface area contributed by atoms with Crippen LogP contribution in [0.25, 0.3) is 22.0 Å². The summed E-state index contributed by atoms with van der Waals surface area (Å²) in [6.07, 6.45) is 5.41. The molecule has 3 aromatic heterocycles. The lowest BCUT2D eigenvalue weighted by Gasteiger charge is -2.14. The molecule has 4 aromatic rings. The molecule has 0 aliphatic carbocycles. The molecular formula is C22H18F2N4O5S. The number of halogens is 2. The lowest BCUT2D eigenvalue weighted by Crippen LogP contribution is -2.21. The van der Waals surface area contributed by atoms with E-state index in [1.807, 2.05) is 0 Å². The standard InChI is InChI=1S/C22H18F2N4O5S/c1-27-11-15(13-6-7-28(22(30)31)20(13)21(27)29)14-9-19(26-34(2,3)32)25-10-18(14)33-17-5-4-12(23)8-16(17)24/h4-11H,1-3H3,(H,30,31). The van der Waals surface area contributed by atoms with E-state index in [2.05, 4.69) is 9.35 Å². The summed E-state index contributed by atoms with van der Waals surface area (Å²) in [5.41, 5.74) is -0.0316.